The van der Waals surface area contributed by atoms with Crippen LogP contribution in [0.2, 0.25) is 0 Å². The number of pyridine rings is 1. The molecule has 7 nitrogen and oxygen atoms in total. The smallest absolute Gasteiger partial charge is 0.222 e. The Kier molecular flexibility index (Phi) is 5.02. The Labute approximate surface area is 164 Å². The van der Waals surface area contributed by atoms with Crippen molar-refractivity contribution in [1.29, 1.82) is 5.26 Å². The topological polar surface area (TPSA) is 78.7 Å². The molecule has 1 amide bonds. The molecule has 2 aliphatic heterocycles. The number of aromatic nitrogens is 1. The SMILES string of the molecule is CCC(=O)N1CCC(Oc2ccc3c(c2)N(c2ccnc(C#N)c2)CCO3)C1. The van der Waals surface area contributed by atoms with Gasteiger partial charge in [0, 0.05) is 37.3 Å². The number of nitriles is 1. The first-order valence-corrected chi connectivity index (χ1v) is 9.53. The van der Waals surface area contributed by atoms with Gasteiger partial charge >= 0.3 is 0 Å². The van der Waals surface area contributed by atoms with Gasteiger partial charge in [0.2, 0.25) is 5.91 Å². The molecule has 0 saturated carbocycles. The Bertz CT molecular complexity index is 924. The number of nitrogens with zero attached hydrogens (tertiary/aromatic N) is 4. The third kappa shape index (κ3) is 3.58. The molecule has 3 heterocycles. The summed E-state index contributed by atoms with van der Waals surface area (Å²) in [6, 6.07) is 11.5. The molecule has 144 valence electrons. The van der Waals surface area contributed by atoms with Crippen molar-refractivity contribution in [2.75, 3.05) is 31.1 Å². The van der Waals surface area contributed by atoms with Crippen molar-refractivity contribution in [3.63, 3.8) is 0 Å². The normalized spacial score (nSPS) is 18.2. The number of ether oxygens (including phenoxy) is 2. The lowest BCUT2D eigenvalue weighted by molar-refractivity contribution is -0.130. The molecule has 0 aliphatic carbocycles. The number of anilines is 2. The van der Waals surface area contributed by atoms with Crippen LogP contribution in [0.1, 0.15) is 25.5 Å². The standard InChI is InChI=1S/C21H22N4O3/c1-2-21(26)24-8-6-18(14-24)28-17-3-4-20-19(12-17)25(9-10-27-20)16-5-7-23-15(11-16)13-22/h3-5,7,11-12,18H,2,6,8-10,14H2,1H3. The van der Waals surface area contributed by atoms with Crippen LogP contribution in [0.3, 0.4) is 0 Å². The molecule has 0 bridgehead atoms. The predicted octanol–water partition coefficient (Wildman–Crippen LogP) is 2.87. The second kappa shape index (κ2) is 7.77. The molecule has 7 heteroatoms. The molecule has 4 rings (SSSR count). The van der Waals surface area contributed by atoms with E-state index >= 15 is 0 Å². The molecule has 0 N–H and O–H groups in total. The molecule has 1 atom stereocenters. The summed E-state index contributed by atoms with van der Waals surface area (Å²) in [5, 5.41) is 9.13. The third-order valence-electron chi connectivity index (χ3n) is 5.07. The number of hydrogen-bond donors (Lipinski definition) is 0. The lowest BCUT2D eigenvalue weighted by Crippen LogP contribution is -2.30. The van der Waals surface area contributed by atoms with Crippen LogP contribution in [0.25, 0.3) is 0 Å². The van der Waals surface area contributed by atoms with E-state index in [4.69, 9.17) is 14.7 Å². The largest absolute Gasteiger partial charge is 0.490 e. The van der Waals surface area contributed by atoms with Gasteiger partial charge in [0.05, 0.1) is 18.8 Å². The van der Waals surface area contributed by atoms with Crippen molar-refractivity contribution >= 4 is 17.3 Å². The van der Waals surface area contributed by atoms with Crippen LogP contribution in [-0.4, -0.2) is 48.1 Å². The predicted molar refractivity (Wildman–Crippen MR) is 104 cm³/mol. The Morgan fingerprint density at radius 2 is 2.25 bits per heavy atom. The van der Waals surface area contributed by atoms with Gasteiger partial charge in [-0.1, -0.05) is 6.92 Å². The number of rotatable bonds is 4. The van der Waals surface area contributed by atoms with Gasteiger partial charge in [0.15, 0.2) is 0 Å². The van der Waals surface area contributed by atoms with Gasteiger partial charge in [-0.05, 0) is 24.3 Å². The van der Waals surface area contributed by atoms with E-state index in [9.17, 15) is 4.79 Å². The van der Waals surface area contributed by atoms with Crippen molar-refractivity contribution in [2.45, 2.75) is 25.9 Å². The molecule has 2 aromatic rings. The summed E-state index contributed by atoms with van der Waals surface area (Å²) in [5.41, 5.74) is 2.18. The third-order valence-corrected chi connectivity index (χ3v) is 5.07. The van der Waals surface area contributed by atoms with E-state index < -0.39 is 0 Å². The molecule has 1 aromatic carbocycles. The van der Waals surface area contributed by atoms with Gasteiger partial charge < -0.3 is 19.3 Å². The average Bonchev–Trinajstić information content (AvgIpc) is 3.21. The first kappa shape index (κ1) is 18.1. The zero-order valence-electron chi connectivity index (χ0n) is 15.8. The summed E-state index contributed by atoms with van der Waals surface area (Å²) in [4.78, 5) is 19.9. The highest BCUT2D eigenvalue weighted by atomic mass is 16.5. The second-order valence-corrected chi connectivity index (χ2v) is 6.86. The summed E-state index contributed by atoms with van der Waals surface area (Å²) >= 11 is 0. The number of likely N-dealkylation sites (tertiary alicyclic amines) is 1. The van der Waals surface area contributed by atoms with Crippen molar-refractivity contribution in [1.82, 2.24) is 9.88 Å². The summed E-state index contributed by atoms with van der Waals surface area (Å²) in [7, 11) is 0. The highest BCUT2D eigenvalue weighted by Crippen LogP contribution is 2.39. The van der Waals surface area contributed by atoms with Crippen molar-refractivity contribution in [3.05, 3.63) is 42.2 Å². The Balaban J connectivity index is 1.55. The van der Waals surface area contributed by atoms with Crippen LogP contribution in [-0.2, 0) is 4.79 Å². The molecular weight excluding hydrogens is 356 g/mol. The molecular formula is C21H22N4O3. The second-order valence-electron chi connectivity index (χ2n) is 6.86. The molecule has 1 fully saturated rings. The Morgan fingerprint density at radius 1 is 1.36 bits per heavy atom. The molecule has 2 aliphatic rings. The lowest BCUT2D eigenvalue weighted by Gasteiger charge is -2.31. The minimum Gasteiger partial charge on any atom is -0.490 e. The average molecular weight is 378 g/mol. The number of amides is 1. The first-order valence-electron chi connectivity index (χ1n) is 9.53. The first-order chi connectivity index (χ1) is 13.7. The quantitative estimate of drug-likeness (QED) is 0.814. The van der Waals surface area contributed by atoms with Gasteiger partial charge in [-0.2, -0.15) is 5.26 Å². The molecule has 0 spiro atoms. The van der Waals surface area contributed by atoms with E-state index in [1.54, 1.807) is 12.3 Å². The van der Waals surface area contributed by atoms with Gasteiger partial charge in [0.25, 0.3) is 0 Å². The Hall–Kier alpha value is -3.27. The zero-order valence-corrected chi connectivity index (χ0v) is 15.8. The van der Waals surface area contributed by atoms with Gasteiger partial charge in [-0.15, -0.1) is 0 Å². The number of hydrogen-bond acceptors (Lipinski definition) is 6. The summed E-state index contributed by atoms with van der Waals surface area (Å²) < 4.78 is 11.9. The maximum absolute atomic E-state index is 11.9. The van der Waals surface area contributed by atoms with Crippen LogP contribution in [0.15, 0.2) is 36.5 Å². The van der Waals surface area contributed by atoms with E-state index in [0.717, 1.165) is 35.8 Å². The minimum atomic E-state index is -0.00220. The molecule has 1 saturated heterocycles. The lowest BCUT2D eigenvalue weighted by atomic mass is 10.2. The maximum Gasteiger partial charge on any atom is 0.222 e. The fourth-order valence-corrected chi connectivity index (χ4v) is 3.65. The number of fused-ring (bicyclic) bond motifs is 1. The highest BCUT2D eigenvalue weighted by molar-refractivity contribution is 5.76. The molecule has 1 aromatic heterocycles. The van der Waals surface area contributed by atoms with Crippen LogP contribution >= 0.6 is 0 Å². The van der Waals surface area contributed by atoms with Gasteiger partial charge in [-0.25, -0.2) is 4.98 Å². The van der Waals surface area contributed by atoms with Gasteiger partial charge in [-0.3, -0.25) is 4.79 Å². The van der Waals surface area contributed by atoms with Crippen LogP contribution in [0.4, 0.5) is 11.4 Å². The fraction of sp³-hybridized carbons (Fsp3) is 0.381. The van der Waals surface area contributed by atoms with E-state index in [1.165, 1.54) is 0 Å². The minimum absolute atomic E-state index is 0.00220. The number of benzene rings is 1. The fourth-order valence-electron chi connectivity index (χ4n) is 3.65. The van der Waals surface area contributed by atoms with Crippen LogP contribution in [0.5, 0.6) is 11.5 Å². The van der Waals surface area contributed by atoms with E-state index in [2.05, 4.69) is 16.0 Å². The number of carbonyl (C=O) groups excluding carboxylic acids is 1. The highest BCUT2D eigenvalue weighted by Gasteiger charge is 2.27. The van der Waals surface area contributed by atoms with Crippen LogP contribution in [0, 0.1) is 11.3 Å². The van der Waals surface area contributed by atoms with Crippen LogP contribution < -0.4 is 14.4 Å². The van der Waals surface area contributed by atoms with Crippen molar-refractivity contribution in [2.24, 2.45) is 0 Å². The summed E-state index contributed by atoms with van der Waals surface area (Å²) in [5.74, 6) is 1.70. The monoisotopic (exact) mass is 378 g/mol. The molecule has 28 heavy (non-hydrogen) atoms. The zero-order chi connectivity index (χ0) is 19.5. The summed E-state index contributed by atoms with van der Waals surface area (Å²) in [6.07, 6.45) is 2.99. The maximum atomic E-state index is 11.9. The Morgan fingerprint density at radius 3 is 3.07 bits per heavy atom. The van der Waals surface area contributed by atoms with Crippen molar-refractivity contribution < 1.29 is 14.3 Å². The number of carbonyl (C=O) groups is 1. The van der Waals surface area contributed by atoms with E-state index in [0.29, 0.717) is 31.8 Å². The van der Waals surface area contributed by atoms with Crippen molar-refractivity contribution in [3.8, 4) is 17.6 Å². The van der Waals surface area contributed by atoms with E-state index in [1.807, 2.05) is 36.1 Å². The summed E-state index contributed by atoms with van der Waals surface area (Å²) in [6.45, 7) is 4.48. The molecule has 0 radical (unpaired) electrons. The van der Waals surface area contributed by atoms with E-state index in [-0.39, 0.29) is 12.0 Å². The van der Waals surface area contributed by atoms with Gasteiger partial charge in [0.1, 0.15) is 36.0 Å². The molecule has 1 unspecified atom stereocenters.